The molecule has 2 aromatic carbocycles. The number of hydrogen-bond donors (Lipinski definition) is 1. The molecule has 0 bridgehead atoms. The third kappa shape index (κ3) is 4.52. The summed E-state index contributed by atoms with van der Waals surface area (Å²) in [6.07, 6.45) is 0. The minimum Gasteiger partial charge on any atom is -0.378 e. The van der Waals surface area contributed by atoms with Gasteiger partial charge >= 0.3 is 0 Å². The average Bonchev–Trinajstić information content (AvgIpc) is 2.62. The zero-order chi connectivity index (χ0) is 17.9. The van der Waals surface area contributed by atoms with Crippen LogP contribution >= 0.6 is 11.6 Å². The molecule has 0 radical (unpaired) electrons. The monoisotopic (exact) mass is 380 g/mol. The number of hydrogen-bond acceptors (Lipinski definition) is 4. The van der Waals surface area contributed by atoms with E-state index in [1.165, 1.54) is 12.1 Å². The molecule has 0 unspecified atom stereocenters. The maximum Gasteiger partial charge on any atom is 0.241 e. The molecule has 1 fully saturated rings. The largest absolute Gasteiger partial charge is 0.378 e. The van der Waals surface area contributed by atoms with E-state index in [9.17, 15) is 8.42 Å². The fourth-order valence-electron chi connectivity index (χ4n) is 2.78. The molecule has 25 heavy (non-hydrogen) atoms. The quantitative estimate of drug-likeness (QED) is 0.865. The second kappa shape index (κ2) is 7.74. The van der Waals surface area contributed by atoms with Crippen LogP contribution in [0.2, 0.25) is 5.02 Å². The fourth-order valence-corrected chi connectivity index (χ4v) is 4.14. The summed E-state index contributed by atoms with van der Waals surface area (Å²) >= 11 is 5.82. The number of anilines is 1. The first kappa shape index (κ1) is 18.2. The molecule has 2 aromatic rings. The molecule has 0 aromatic heterocycles. The van der Waals surface area contributed by atoms with Gasteiger partial charge in [0.25, 0.3) is 0 Å². The Balaban J connectivity index is 1.70. The Morgan fingerprint density at radius 2 is 1.64 bits per heavy atom. The highest BCUT2D eigenvalue weighted by Gasteiger charge is 2.19. The van der Waals surface area contributed by atoms with Crippen LogP contribution in [0.5, 0.6) is 0 Å². The first-order valence-corrected chi connectivity index (χ1v) is 10.0. The zero-order valence-corrected chi connectivity index (χ0v) is 15.6. The lowest BCUT2D eigenvalue weighted by molar-refractivity contribution is 0.122. The number of ether oxygens (including phenoxy) is 1. The Morgan fingerprint density at radius 1 is 1.04 bits per heavy atom. The van der Waals surface area contributed by atoms with E-state index in [0.29, 0.717) is 5.02 Å². The fraction of sp³-hybridized carbons (Fsp3) is 0.333. The van der Waals surface area contributed by atoms with Crippen molar-refractivity contribution in [2.75, 3.05) is 31.2 Å². The van der Waals surface area contributed by atoms with Crippen molar-refractivity contribution in [3.05, 3.63) is 59.1 Å². The molecule has 1 aliphatic heterocycles. The minimum atomic E-state index is -3.59. The minimum absolute atomic E-state index is 0.202. The smallest absolute Gasteiger partial charge is 0.241 e. The summed E-state index contributed by atoms with van der Waals surface area (Å²) < 4.78 is 33.0. The van der Waals surface area contributed by atoms with Gasteiger partial charge in [0.2, 0.25) is 10.0 Å². The number of rotatable bonds is 5. The Bertz CT molecular complexity index is 801. The summed E-state index contributed by atoms with van der Waals surface area (Å²) in [6.45, 7) is 5.05. The normalized spacial score (nSPS) is 16.6. The molecule has 1 N–H and O–H groups in total. The van der Waals surface area contributed by atoms with Gasteiger partial charge in [-0.05, 0) is 48.9 Å². The van der Waals surface area contributed by atoms with E-state index < -0.39 is 10.0 Å². The molecule has 0 spiro atoms. The van der Waals surface area contributed by atoms with Crippen LogP contribution < -0.4 is 9.62 Å². The lowest BCUT2D eigenvalue weighted by Crippen LogP contribution is -2.36. The first-order valence-electron chi connectivity index (χ1n) is 8.16. The van der Waals surface area contributed by atoms with Crippen LogP contribution in [0.1, 0.15) is 18.5 Å². The van der Waals surface area contributed by atoms with E-state index in [-0.39, 0.29) is 10.9 Å². The van der Waals surface area contributed by atoms with Crippen LogP contribution in [0, 0.1) is 0 Å². The van der Waals surface area contributed by atoms with Gasteiger partial charge in [0.05, 0.1) is 18.1 Å². The van der Waals surface area contributed by atoms with E-state index in [4.69, 9.17) is 16.3 Å². The highest BCUT2D eigenvalue weighted by atomic mass is 35.5. The lowest BCUT2D eigenvalue weighted by Gasteiger charge is -2.29. The molecule has 0 saturated carbocycles. The summed E-state index contributed by atoms with van der Waals surface area (Å²) in [7, 11) is -3.59. The predicted molar refractivity (Wildman–Crippen MR) is 99.7 cm³/mol. The Hall–Kier alpha value is -1.60. The van der Waals surface area contributed by atoms with Gasteiger partial charge in [0.15, 0.2) is 0 Å². The third-order valence-electron chi connectivity index (χ3n) is 4.23. The van der Waals surface area contributed by atoms with Crippen LogP contribution in [-0.2, 0) is 14.8 Å². The van der Waals surface area contributed by atoms with Crippen LogP contribution in [0.15, 0.2) is 53.4 Å². The van der Waals surface area contributed by atoms with Crippen molar-refractivity contribution in [1.29, 1.82) is 0 Å². The number of nitrogens with one attached hydrogen (secondary N) is 1. The molecule has 1 heterocycles. The van der Waals surface area contributed by atoms with Crippen molar-refractivity contribution in [3.63, 3.8) is 0 Å². The second-order valence-corrected chi connectivity index (χ2v) is 8.14. The van der Waals surface area contributed by atoms with Gasteiger partial charge in [0.1, 0.15) is 0 Å². The number of sulfonamides is 1. The Kier molecular flexibility index (Phi) is 5.64. The van der Waals surface area contributed by atoms with Gasteiger partial charge in [-0.3, -0.25) is 0 Å². The molecule has 7 heteroatoms. The maximum absolute atomic E-state index is 12.5. The number of nitrogens with zero attached hydrogens (tertiary/aromatic N) is 1. The molecular weight excluding hydrogens is 360 g/mol. The van der Waals surface area contributed by atoms with Gasteiger partial charge in [0, 0.05) is 29.8 Å². The van der Waals surface area contributed by atoms with E-state index in [1.807, 2.05) is 31.2 Å². The molecule has 5 nitrogen and oxygen atoms in total. The van der Waals surface area contributed by atoms with E-state index in [0.717, 1.165) is 37.6 Å². The highest BCUT2D eigenvalue weighted by molar-refractivity contribution is 7.89. The molecule has 134 valence electrons. The van der Waals surface area contributed by atoms with Crippen LogP contribution in [0.3, 0.4) is 0 Å². The lowest BCUT2D eigenvalue weighted by atomic mass is 10.1. The Morgan fingerprint density at radius 3 is 2.24 bits per heavy atom. The van der Waals surface area contributed by atoms with Crippen molar-refractivity contribution in [1.82, 2.24) is 4.72 Å². The summed E-state index contributed by atoms with van der Waals surface area (Å²) in [5.41, 5.74) is 2.04. The number of morpholine rings is 1. The van der Waals surface area contributed by atoms with Crippen molar-refractivity contribution < 1.29 is 13.2 Å². The predicted octanol–water partition coefficient (Wildman–Crippen LogP) is 3.22. The summed E-state index contributed by atoms with van der Waals surface area (Å²) in [4.78, 5) is 2.46. The van der Waals surface area contributed by atoms with Crippen molar-refractivity contribution in [3.8, 4) is 0 Å². The number of halogens is 1. The Labute approximate surface area is 153 Å². The van der Waals surface area contributed by atoms with Crippen molar-refractivity contribution in [2.24, 2.45) is 0 Å². The number of benzene rings is 2. The van der Waals surface area contributed by atoms with Gasteiger partial charge in [-0.15, -0.1) is 0 Å². The molecule has 1 aliphatic rings. The molecule has 1 saturated heterocycles. The van der Waals surface area contributed by atoms with Crippen molar-refractivity contribution >= 4 is 27.3 Å². The first-order chi connectivity index (χ1) is 12.0. The van der Waals surface area contributed by atoms with Gasteiger partial charge < -0.3 is 9.64 Å². The van der Waals surface area contributed by atoms with E-state index in [1.54, 1.807) is 12.1 Å². The van der Waals surface area contributed by atoms with Crippen LogP contribution in [0.4, 0.5) is 5.69 Å². The molecule has 1 atom stereocenters. The maximum atomic E-state index is 12.5. The van der Waals surface area contributed by atoms with Crippen LogP contribution in [-0.4, -0.2) is 34.7 Å². The van der Waals surface area contributed by atoms with Crippen molar-refractivity contribution in [2.45, 2.75) is 17.9 Å². The SMILES string of the molecule is C[C@H](NS(=O)(=O)c1ccc(Cl)cc1)c1ccc(N2CCOCC2)cc1. The van der Waals surface area contributed by atoms with Gasteiger partial charge in [-0.1, -0.05) is 23.7 Å². The summed E-state index contributed by atoms with van der Waals surface area (Å²) in [5.74, 6) is 0. The van der Waals surface area contributed by atoms with Gasteiger partial charge in [-0.25, -0.2) is 13.1 Å². The molecular formula is C18H21ClN2O3S. The zero-order valence-electron chi connectivity index (χ0n) is 14.0. The summed E-state index contributed by atoms with van der Waals surface area (Å²) in [6, 6.07) is 13.8. The molecule has 0 aliphatic carbocycles. The van der Waals surface area contributed by atoms with E-state index in [2.05, 4.69) is 9.62 Å². The second-order valence-electron chi connectivity index (χ2n) is 5.99. The van der Waals surface area contributed by atoms with Gasteiger partial charge in [-0.2, -0.15) is 0 Å². The van der Waals surface area contributed by atoms with Crippen LogP contribution in [0.25, 0.3) is 0 Å². The highest BCUT2D eigenvalue weighted by Crippen LogP contribution is 2.22. The third-order valence-corrected chi connectivity index (χ3v) is 6.03. The molecule has 3 rings (SSSR count). The summed E-state index contributed by atoms with van der Waals surface area (Å²) in [5, 5.41) is 0.505. The topological polar surface area (TPSA) is 58.6 Å². The standard InChI is InChI=1S/C18H21ClN2O3S/c1-14(20-25(22,23)18-8-4-16(19)5-9-18)15-2-6-17(7-3-15)21-10-12-24-13-11-21/h2-9,14,20H,10-13H2,1H3/t14-/m0/s1. The molecule has 0 amide bonds. The average molecular weight is 381 g/mol. The van der Waals surface area contributed by atoms with E-state index >= 15 is 0 Å².